The molecular weight excluding hydrogens is 236 g/mol. The van der Waals surface area contributed by atoms with Crippen LogP contribution in [0.25, 0.3) is 16.9 Å². The van der Waals surface area contributed by atoms with Crippen molar-refractivity contribution < 1.29 is 0 Å². The van der Waals surface area contributed by atoms with E-state index in [-0.39, 0.29) is 0 Å². The van der Waals surface area contributed by atoms with E-state index < -0.39 is 0 Å². The van der Waals surface area contributed by atoms with Gasteiger partial charge in [0.15, 0.2) is 5.65 Å². The van der Waals surface area contributed by atoms with E-state index >= 15 is 0 Å². The molecule has 1 aromatic carbocycles. The molecule has 0 aliphatic rings. The van der Waals surface area contributed by atoms with Gasteiger partial charge in [-0.2, -0.15) is 5.10 Å². The van der Waals surface area contributed by atoms with E-state index in [2.05, 4.69) is 10.1 Å². The van der Waals surface area contributed by atoms with Crippen LogP contribution in [0.2, 0.25) is 5.02 Å². The summed E-state index contributed by atoms with van der Waals surface area (Å²) in [7, 11) is 0. The Morgan fingerprint density at radius 1 is 1.18 bits per heavy atom. The molecule has 0 spiro atoms. The van der Waals surface area contributed by atoms with Crippen molar-refractivity contribution in [2.75, 3.05) is 5.73 Å². The second-order valence-corrected chi connectivity index (χ2v) is 4.15. The lowest BCUT2D eigenvalue weighted by atomic mass is 10.1. The zero-order valence-corrected chi connectivity index (χ0v) is 9.59. The Bertz CT molecular complexity index is 690. The van der Waals surface area contributed by atoms with Gasteiger partial charge in [-0.1, -0.05) is 23.7 Å². The molecule has 0 aliphatic carbocycles. The van der Waals surface area contributed by atoms with Crippen LogP contribution in [0.5, 0.6) is 0 Å². The average Bonchev–Trinajstić information content (AvgIpc) is 2.71. The topological polar surface area (TPSA) is 56.2 Å². The van der Waals surface area contributed by atoms with Crippen LogP contribution in [-0.2, 0) is 0 Å². The quantitative estimate of drug-likeness (QED) is 0.670. The second-order valence-electron chi connectivity index (χ2n) is 3.71. The van der Waals surface area contributed by atoms with Crippen molar-refractivity contribution in [3.8, 4) is 11.3 Å². The first-order chi connectivity index (χ1) is 8.24. The smallest absolute Gasteiger partial charge is 0.155 e. The van der Waals surface area contributed by atoms with Gasteiger partial charge in [0.25, 0.3) is 0 Å². The predicted octanol–water partition coefficient (Wildman–Crippen LogP) is 2.63. The first kappa shape index (κ1) is 10.1. The van der Waals surface area contributed by atoms with Gasteiger partial charge in [-0.05, 0) is 12.1 Å². The highest BCUT2D eigenvalue weighted by molar-refractivity contribution is 6.30. The number of nitrogen functional groups attached to an aromatic ring is 1. The lowest BCUT2D eigenvalue weighted by Gasteiger charge is -2.01. The molecule has 0 unspecified atom stereocenters. The number of imidazole rings is 1. The summed E-state index contributed by atoms with van der Waals surface area (Å²) in [6.07, 6.45) is 3.35. The first-order valence-electron chi connectivity index (χ1n) is 5.09. The van der Waals surface area contributed by atoms with Crippen LogP contribution in [0.3, 0.4) is 0 Å². The Morgan fingerprint density at radius 3 is 2.88 bits per heavy atom. The van der Waals surface area contributed by atoms with Gasteiger partial charge in [0.2, 0.25) is 0 Å². The predicted molar refractivity (Wildman–Crippen MR) is 67.8 cm³/mol. The van der Waals surface area contributed by atoms with Crippen LogP contribution in [0.4, 0.5) is 5.69 Å². The number of rotatable bonds is 1. The highest BCUT2D eigenvalue weighted by Crippen LogP contribution is 2.22. The Hall–Kier alpha value is -2.07. The van der Waals surface area contributed by atoms with Gasteiger partial charge in [-0.15, -0.1) is 0 Å². The molecule has 5 heteroatoms. The minimum Gasteiger partial charge on any atom is -0.399 e. The molecule has 84 valence electrons. The Labute approximate surface area is 103 Å². The lowest BCUT2D eigenvalue weighted by Crippen LogP contribution is -1.94. The van der Waals surface area contributed by atoms with Gasteiger partial charge in [0.05, 0.1) is 23.1 Å². The van der Waals surface area contributed by atoms with Crippen molar-refractivity contribution in [2.24, 2.45) is 0 Å². The van der Waals surface area contributed by atoms with Crippen LogP contribution in [0.1, 0.15) is 0 Å². The van der Waals surface area contributed by atoms with E-state index in [1.54, 1.807) is 23.0 Å². The lowest BCUT2D eigenvalue weighted by molar-refractivity contribution is 0.943. The van der Waals surface area contributed by atoms with Gasteiger partial charge in [0, 0.05) is 17.3 Å². The maximum atomic E-state index is 5.86. The van der Waals surface area contributed by atoms with Crippen molar-refractivity contribution in [2.45, 2.75) is 0 Å². The molecule has 0 saturated heterocycles. The highest BCUT2D eigenvalue weighted by atomic mass is 35.5. The molecule has 0 fully saturated rings. The third-order valence-corrected chi connectivity index (χ3v) is 2.72. The minimum absolute atomic E-state index is 0.572. The molecule has 0 amide bonds. The summed E-state index contributed by atoms with van der Waals surface area (Å²) < 4.78 is 1.74. The summed E-state index contributed by atoms with van der Waals surface area (Å²) in [6, 6.07) is 9.37. The SMILES string of the molecule is Nc1cccc(-c2cnc3cc(Cl)cnn23)c1. The van der Waals surface area contributed by atoms with E-state index in [4.69, 9.17) is 17.3 Å². The molecular formula is C12H9ClN4. The number of aromatic nitrogens is 3. The maximum Gasteiger partial charge on any atom is 0.155 e. The fourth-order valence-electron chi connectivity index (χ4n) is 1.75. The van der Waals surface area contributed by atoms with Crippen molar-refractivity contribution >= 4 is 22.9 Å². The normalized spacial score (nSPS) is 10.9. The van der Waals surface area contributed by atoms with Gasteiger partial charge >= 0.3 is 0 Å². The summed E-state index contributed by atoms with van der Waals surface area (Å²) in [5.41, 5.74) is 9.07. The van der Waals surface area contributed by atoms with Crippen LogP contribution in [0, 0.1) is 0 Å². The molecule has 17 heavy (non-hydrogen) atoms. The van der Waals surface area contributed by atoms with Crippen LogP contribution in [-0.4, -0.2) is 14.6 Å². The fraction of sp³-hybridized carbons (Fsp3) is 0. The Kier molecular flexibility index (Phi) is 2.23. The summed E-state index contributed by atoms with van der Waals surface area (Å²) >= 11 is 5.86. The van der Waals surface area contributed by atoms with E-state index in [9.17, 15) is 0 Å². The first-order valence-corrected chi connectivity index (χ1v) is 5.47. The summed E-state index contributed by atoms with van der Waals surface area (Å²) in [4.78, 5) is 4.26. The zero-order chi connectivity index (χ0) is 11.8. The third kappa shape index (κ3) is 1.72. The molecule has 4 nitrogen and oxygen atoms in total. The molecule has 0 radical (unpaired) electrons. The van der Waals surface area contributed by atoms with E-state index in [1.807, 2.05) is 24.3 Å². The summed E-state index contributed by atoms with van der Waals surface area (Å²) in [6.45, 7) is 0. The molecule has 2 N–H and O–H groups in total. The summed E-state index contributed by atoms with van der Waals surface area (Å²) in [5.74, 6) is 0. The third-order valence-electron chi connectivity index (χ3n) is 2.51. The number of hydrogen-bond donors (Lipinski definition) is 1. The highest BCUT2D eigenvalue weighted by Gasteiger charge is 2.07. The molecule has 3 rings (SSSR count). The molecule has 0 aliphatic heterocycles. The zero-order valence-electron chi connectivity index (χ0n) is 8.84. The standard InChI is InChI=1S/C12H9ClN4/c13-9-5-12-15-7-11(17(12)16-6-9)8-2-1-3-10(14)4-8/h1-7H,14H2. The van der Waals surface area contributed by atoms with Crippen molar-refractivity contribution in [1.29, 1.82) is 0 Å². The van der Waals surface area contributed by atoms with Crippen LogP contribution >= 0.6 is 11.6 Å². The van der Waals surface area contributed by atoms with Crippen molar-refractivity contribution in [3.05, 3.63) is 47.7 Å². The number of nitrogens with zero attached hydrogens (tertiary/aromatic N) is 3. The number of halogens is 1. The fourth-order valence-corrected chi connectivity index (χ4v) is 1.89. The van der Waals surface area contributed by atoms with E-state index in [0.29, 0.717) is 10.7 Å². The maximum absolute atomic E-state index is 5.86. The Morgan fingerprint density at radius 2 is 2.06 bits per heavy atom. The number of benzene rings is 1. The van der Waals surface area contributed by atoms with Gasteiger partial charge in [0.1, 0.15) is 0 Å². The van der Waals surface area contributed by atoms with E-state index in [0.717, 1.165) is 16.9 Å². The second kappa shape index (κ2) is 3.75. The monoisotopic (exact) mass is 244 g/mol. The minimum atomic E-state index is 0.572. The number of fused-ring (bicyclic) bond motifs is 1. The molecule has 0 atom stereocenters. The molecule has 2 aromatic heterocycles. The molecule has 3 aromatic rings. The molecule has 0 bridgehead atoms. The van der Waals surface area contributed by atoms with Gasteiger partial charge < -0.3 is 5.73 Å². The van der Waals surface area contributed by atoms with Gasteiger partial charge in [-0.3, -0.25) is 0 Å². The van der Waals surface area contributed by atoms with Crippen LogP contribution in [0.15, 0.2) is 42.7 Å². The number of anilines is 1. The summed E-state index contributed by atoms with van der Waals surface area (Å²) in [5, 5.41) is 4.80. The number of nitrogens with two attached hydrogens (primary N) is 1. The molecule has 2 heterocycles. The van der Waals surface area contributed by atoms with Crippen molar-refractivity contribution in [3.63, 3.8) is 0 Å². The Balaban J connectivity index is 2.24. The molecule has 0 saturated carbocycles. The average molecular weight is 245 g/mol. The van der Waals surface area contributed by atoms with E-state index in [1.165, 1.54) is 0 Å². The largest absolute Gasteiger partial charge is 0.399 e. The number of hydrogen-bond acceptors (Lipinski definition) is 3. The van der Waals surface area contributed by atoms with Gasteiger partial charge in [-0.25, -0.2) is 9.50 Å². The van der Waals surface area contributed by atoms with Crippen LogP contribution < -0.4 is 5.73 Å². The van der Waals surface area contributed by atoms with Crippen molar-refractivity contribution in [1.82, 2.24) is 14.6 Å².